The molecule has 1 heterocycles. The maximum Gasteiger partial charge on any atom is 0.255 e. The molecule has 7 heteroatoms. The largest absolute Gasteiger partial charge is 0.494 e. The Labute approximate surface area is 202 Å². The topological polar surface area (TPSA) is 64.4 Å². The molecular weight excluding hydrogens is 571 g/mol. The van der Waals surface area contributed by atoms with Gasteiger partial charge in [-0.05, 0) is 99.5 Å². The molecule has 0 atom stereocenters. The molecule has 0 aliphatic rings. The van der Waals surface area contributed by atoms with Gasteiger partial charge in [-0.1, -0.05) is 19.4 Å². The molecule has 31 heavy (non-hydrogen) atoms. The molecular formula is C24H20BrIN2O3. The molecule has 0 saturated carbocycles. The summed E-state index contributed by atoms with van der Waals surface area (Å²) in [7, 11) is 0. The Bertz CT molecular complexity index is 1240. The van der Waals surface area contributed by atoms with Gasteiger partial charge in [0.15, 0.2) is 5.58 Å². The minimum atomic E-state index is -0.204. The number of unbranched alkanes of at least 4 members (excludes halogenated alkanes) is 1. The normalized spacial score (nSPS) is 10.9. The molecule has 4 aromatic rings. The molecule has 0 saturated heterocycles. The van der Waals surface area contributed by atoms with E-state index in [2.05, 4.69) is 55.7 Å². The van der Waals surface area contributed by atoms with Crippen LogP contribution in [-0.2, 0) is 0 Å². The number of ether oxygens (including phenoxy) is 1. The summed E-state index contributed by atoms with van der Waals surface area (Å²) in [5.74, 6) is 1.02. The zero-order valence-electron chi connectivity index (χ0n) is 16.8. The van der Waals surface area contributed by atoms with Crippen LogP contribution in [0, 0.1) is 3.57 Å². The maximum absolute atomic E-state index is 12.7. The van der Waals surface area contributed by atoms with Crippen LogP contribution in [0.25, 0.3) is 22.6 Å². The van der Waals surface area contributed by atoms with E-state index in [4.69, 9.17) is 9.15 Å². The van der Waals surface area contributed by atoms with Gasteiger partial charge in [-0.25, -0.2) is 4.98 Å². The minimum Gasteiger partial charge on any atom is -0.494 e. The number of oxazole rings is 1. The number of benzene rings is 3. The average Bonchev–Trinajstić information content (AvgIpc) is 3.19. The lowest BCUT2D eigenvalue weighted by molar-refractivity contribution is 0.102. The van der Waals surface area contributed by atoms with E-state index in [9.17, 15) is 4.79 Å². The van der Waals surface area contributed by atoms with Gasteiger partial charge in [0.25, 0.3) is 5.91 Å². The number of hydrogen-bond acceptors (Lipinski definition) is 4. The second-order valence-corrected chi connectivity index (χ2v) is 9.11. The Balaban J connectivity index is 1.53. The van der Waals surface area contributed by atoms with Crippen LogP contribution in [0.3, 0.4) is 0 Å². The molecule has 1 amide bonds. The standard InChI is InChI=1S/C24H20BrIN2O3/c1-2-3-11-30-18-6-4-5-15(12-18)23(29)27-17-8-10-22-21(14-17)28-24(31-22)19-13-16(26)7-9-20(19)25/h4-10,12-14H,2-3,11H2,1H3,(H,27,29). The van der Waals surface area contributed by atoms with Gasteiger partial charge in [-0.2, -0.15) is 0 Å². The van der Waals surface area contributed by atoms with Crippen LogP contribution < -0.4 is 10.1 Å². The lowest BCUT2D eigenvalue weighted by Gasteiger charge is -2.08. The fourth-order valence-electron chi connectivity index (χ4n) is 3.05. The van der Waals surface area contributed by atoms with E-state index in [1.165, 1.54) is 0 Å². The monoisotopic (exact) mass is 590 g/mol. The van der Waals surface area contributed by atoms with E-state index in [1.807, 2.05) is 42.5 Å². The molecule has 158 valence electrons. The number of aromatic nitrogens is 1. The Morgan fingerprint density at radius 2 is 2.03 bits per heavy atom. The first-order chi connectivity index (χ1) is 15.0. The second kappa shape index (κ2) is 9.82. The molecule has 5 nitrogen and oxygen atoms in total. The summed E-state index contributed by atoms with van der Waals surface area (Å²) in [4.78, 5) is 17.3. The fourth-order valence-corrected chi connectivity index (χ4v) is 3.95. The molecule has 3 aromatic carbocycles. The Morgan fingerprint density at radius 3 is 2.87 bits per heavy atom. The average molecular weight is 591 g/mol. The Kier molecular flexibility index (Phi) is 6.92. The van der Waals surface area contributed by atoms with Crippen molar-refractivity contribution < 1.29 is 13.9 Å². The summed E-state index contributed by atoms with van der Waals surface area (Å²) in [6.07, 6.45) is 2.04. The van der Waals surface area contributed by atoms with Crippen molar-refractivity contribution in [3.8, 4) is 17.2 Å². The highest BCUT2D eigenvalue weighted by atomic mass is 127. The van der Waals surface area contributed by atoms with Gasteiger partial charge in [0, 0.05) is 19.3 Å². The third-order valence-electron chi connectivity index (χ3n) is 4.67. The summed E-state index contributed by atoms with van der Waals surface area (Å²) < 4.78 is 13.6. The van der Waals surface area contributed by atoms with Gasteiger partial charge in [0.1, 0.15) is 11.3 Å². The van der Waals surface area contributed by atoms with Gasteiger partial charge >= 0.3 is 0 Å². The first kappa shape index (κ1) is 21.8. The summed E-state index contributed by atoms with van der Waals surface area (Å²) >= 11 is 5.81. The Morgan fingerprint density at radius 1 is 1.16 bits per heavy atom. The number of carbonyl (C=O) groups excluding carboxylic acids is 1. The van der Waals surface area contributed by atoms with Crippen LogP contribution >= 0.6 is 38.5 Å². The zero-order chi connectivity index (χ0) is 21.8. The van der Waals surface area contributed by atoms with Crippen molar-refractivity contribution in [3.05, 3.63) is 74.3 Å². The number of anilines is 1. The smallest absolute Gasteiger partial charge is 0.255 e. The number of fused-ring (bicyclic) bond motifs is 1. The molecule has 0 spiro atoms. The summed E-state index contributed by atoms with van der Waals surface area (Å²) in [5, 5.41) is 2.93. The van der Waals surface area contributed by atoms with E-state index in [1.54, 1.807) is 18.2 Å². The van der Waals surface area contributed by atoms with Crippen LogP contribution in [0.2, 0.25) is 0 Å². The molecule has 0 fully saturated rings. The van der Waals surface area contributed by atoms with Crippen molar-refractivity contribution in [1.29, 1.82) is 0 Å². The first-order valence-electron chi connectivity index (χ1n) is 9.93. The number of carbonyl (C=O) groups is 1. The van der Waals surface area contributed by atoms with Crippen molar-refractivity contribution in [2.24, 2.45) is 0 Å². The van der Waals surface area contributed by atoms with E-state index < -0.39 is 0 Å². The van der Waals surface area contributed by atoms with Crippen LogP contribution in [0.5, 0.6) is 5.75 Å². The highest BCUT2D eigenvalue weighted by Crippen LogP contribution is 2.32. The number of rotatable bonds is 7. The molecule has 1 aromatic heterocycles. The van der Waals surface area contributed by atoms with Crippen molar-refractivity contribution in [1.82, 2.24) is 4.98 Å². The van der Waals surface area contributed by atoms with Crippen LogP contribution in [-0.4, -0.2) is 17.5 Å². The minimum absolute atomic E-state index is 0.204. The maximum atomic E-state index is 12.7. The van der Waals surface area contributed by atoms with Gasteiger partial charge in [-0.3, -0.25) is 4.79 Å². The number of hydrogen-bond donors (Lipinski definition) is 1. The molecule has 0 aliphatic carbocycles. The molecule has 0 unspecified atom stereocenters. The Hall–Kier alpha value is -2.39. The van der Waals surface area contributed by atoms with Gasteiger partial charge in [0.05, 0.1) is 12.2 Å². The lowest BCUT2D eigenvalue weighted by atomic mass is 10.2. The van der Waals surface area contributed by atoms with Crippen molar-refractivity contribution in [2.75, 3.05) is 11.9 Å². The fraction of sp³-hybridized carbons (Fsp3) is 0.167. The zero-order valence-corrected chi connectivity index (χ0v) is 20.6. The molecule has 0 radical (unpaired) electrons. The molecule has 4 rings (SSSR count). The summed E-state index contributed by atoms with van der Waals surface area (Å²) in [6, 6.07) is 18.6. The number of amides is 1. The number of nitrogens with one attached hydrogen (secondary N) is 1. The number of nitrogens with zero attached hydrogens (tertiary/aromatic N) is 1. The van der Waals surface area contributed by atoms with Gasteiger partial charge in [0.2, 0.25) is 5.89 Å². The van der Waals surface area contributed by atoms with Gasteiger partial charge in [-0.15, -0.1) is 0 Å². The molecule has 0 bridgehead atoms. The van der Waals surface area contributed by atoms with Gasteiger partial charge < -0.3 is 14.5 Å². The van der Waals surface area contributed by atoms with E-state index >= 15 is 0 Å². The van der Waals surface area contributed by atoms with Crippen molar-refractivity contribution >= 4 is 61.2 Å². The summed E-state index contributed by atoms with van der Waals surface area (Å²) in [6.45, 7) is 2.75. The van der Waals surface area contributed by atoms with Crippen molar-refractivity contribution in [3.63, 3.8) is 0 Å². The quantitative estimate of drug-likeness (QED) is 0.181. The highest BCUT2D eigenvalue weighted by Gasteiger charge is 2.14. The second-order valence-electron chi connectivity index (χ2n) is 7.01. The molecule has 0 aliphatic heterocycles. The third kappa shape index (κ3) is 5.27. The number of halogens is 2. The van der Waals surface area contributed by atoms with Crippen LogP contribution in [0.15, 0.2) is 69.6 Å². The van der Waals surface area contributed by atoms with E-state index in [0.717, 1.165) is 26.4 Å². The highest BCUT2D eigenvalue weighted by molar-refractivity contribution is 14.1. The summed E-state index contributed by atoms with van der Waals surface area (Å²) in [5.41, 5.74) is 3.41. The van der Waals surface area contributed by atoms with Crippen LogP contribution in [0.1, 0.15) is 30.1 Å². The predicted molar refractivity (Wildman–Crippen MR) is 135 cm³/mol. The molecule has 1 N–H and O–H groups in total. The van der Waals surface area contributed by atoms with E-state index in [0.29, 0.717) is 40.6 Å². The van der Waals surface area contributed by atoms with E-state index in [-0.39, 0.29) is 5.91 Å². The predicted octanol–water partition coefficient (Wildman–Crippen LogP) is 7.29. The SMILES string of the molecule is CCCCOc1cccc(C(=O)Nc2ccc3oc(-c4cc(I)ccc4Br)nc3c2)c1. The van der Waals surface area contributed by atoms with Crippen molar-refractivity contribution in [2.45, 2.75) is 19.8 Å². The first-order valence-corrected chi connectivity index (χ1v) is 11.8. The lowest BCUT2D eigenvalue weighted by Crippen LogP contribution is -2.12. The third-order valence-corrected chi connectivity index (χ3v) is 6.03. The van der Waals surface area contributed by atoms with Crippen LogP contribution in [0.4, 0.5) is 5.69 Å².